The van der Waals surface area contributed by atoms with E-state index in [0.717, 1.165) is 0 Å². The molecule has 1 atom stereocenters. The van der Waals surface area contributed by atoms with Crippen molar-refractivity contribution >= 4 is 23.7 Å². The summed E-state index contributed by atoms with van der Waals surface area (Å²) in [4.78, 5) is 44.5. The quantitative estimate of drug-likeness (QED) is 0.475. The first-order chi connectivity index (χ1) is 9.90. The average Bonchev–Trinajstić information content (AvgIpc) is 2.91. The van der Waals surface area contributed by atoms with Crippen LogP contribution in [0, 0.1) is 0 Å². The number of nitrogens with two attached hydrogens (primary N) is 1. The van der Waals surface area contributed by atoms with Crippen LogP contribution in [0.5, 0.6) is 0 Å². The van der Waals surface area contributed by atoms with Crippen LogP contribution in [0.2, 0.25) is 0 Å². The van der Waals surface area contributed by atoms with Gasteiger partial charge in [0.15, 0.2) is 5.76 Å². The predicted molar refractivity (Wildman–Crippen MR) is 69.0 cm³/mol. The minimum atomic E-state index is -1.38. The van der Waals surface area contributed by atoms with E-state index in [1.807, 2.05) is 0 Å². The highest BCUT2D eigenvalue weighted by Gasteiger charge is 2.21. The fourth-order valence-corrected chi connectivity index (χ4v) is 1.45. The molecule has 9 nitrogen and oxygen atoms in total. The van der Waals surface area contributed by atoms with E-state index in [2.05, 4.69) is 10.6 Å². The Bertz CT molecular complexity index is 525. The first-order valence-electron chi connectivity index (χ1n) is 6.02. The number of nitrogens with one attached hydrogen (secondary N) is 2. The van der Waals surface area contributed by atoms with Crippen LogP contribution in [0.25, 0.3) is 0 Å². The molecule has 1 aromatic rings. The molecule has 0 spiro atoms. The van der Waals surface area contributed by atoms with Crippen molar-refractivity contribution in [1.82, 2.24) is 10.6 Å². The van der Waals surface area contributed by atoms with E-state index in [0.29, 0.717) is 0 Å². The number of aliphatic carboxylic acids is 1. The minimum absolute atomic E-state index is 0.00568. The Morgan fingerprint density at radius 1 is 1.33 bits per heavy atom. The summed E-state index contributed by atoms with van der Waals surface area (Å²) in [6, 6.07) is 1.63. The maximum absolute atomic E-state index is 11.5. The number of primary amides is 1. The van der Waals surface area contributed by atoms with Gasteiger partial charge in [-0.05, 0) is 12.1 Å². The molecule has 0 aromatic carbocycles. The van der Waals surface area contributed by atoms with Crippen LogP contribution in [-0.4, -0.2) is 41.4 Å². The van der Waals surface area contributed by atoms with E-state index < -0.39 is 36.2 Å². The van der Waals surface area contributed by atoms with Crippen molar-refractivity contribution in [3.63, 3.8) is 0 Å². The minimum Gasteiger partial charge on any atom is -0.480 e. The second kappa shape index (κ2) is 7.68. The molecule has 0 aliphatic rings. The van der Waals surface area contributed by atoms with Gasteiger partial charge in [-0.25, -0.2) is 4.79 Å². The molecule has 1 rings (SSSR count). The van der Waals surface area contributed by atoms with Crippen molar-refractivity contribution in [1.29, 1.82) is 0 Å². The zero-order chi connectivity index (χ0) is 15.8. The number of carboxylic acids is 1. The van der Waals surface area contributed by atoms with Gasteiger partial charge < -0.3 is 25.9 Å². The van der Waals surface area contributed by atoms with Crippen molar-refractivity contribution in [2.75, 3.05) is 6.54 Å². The molecule has 5 N–H and O–H groups in total. The van der Waals surface area contributed by atoms with Gasteiger partial charge in [0.05, 0.1) is 12.7 Å². The molecule has 0 aliphatic heterocycles. The van der Waals surface area contributed by atoms with Crippen LogP contribution < -0.4 is 16.4 Å². The lowest BCUT2D eigenvalue weighted by atomic mass is 10.2. The summed E-state index contributed by atoms with van der Waals surface area (Å²) >= 11 is 0. The Morgan fingerprint density at radius 2 is 2.05 bits per heavy atom. The van der Waals surface area contributed by atoms with E-state index in [1.165, 1.54) is 12.3 Å². The molecule has 114 valence electrons. The maximum Gasteiger partial charge on any atom is 0.326 e. The van der Waals surface area contributed by atoms with Gasteiger partial charge >= 0.3 is 5.97 Å². The number of carbonyl (C=O) groups excluding carboxylic acids is 3. The number of furan rings is 1. The Balaban J connectivity index is 2.34. The highest BCUT2D eigenvalue weighted by atomic mass is 16.4. The standard InChI is InChI=1S/C12H15N3O6/c13-9(16)6-7(12(19)20)15-10(17)3-4-14-11(18)8-2-1-5-21-8/h1-2,5,7H,3-4,6H2,(H2,13,16)(H,14,18)(H,15,17)(H,19,20)/t7-/m1/s1. The largest absolute Gasteiger partial charge is 0.480 e. The van der Waals surface area contributed by atoms with Crippen LogP contribution in [0.3, 0.4) is 0 Å². The smallest absolute Gasteiger partial charge is 0.326 e. The molecule has 1 aromatic heterocycles. The summed E-state index contributed by atoms with van der Waals surface area (Å²) in [6.07, 6.45) is 0.692. The molecular formula is C12H15N3O6. The molecule has 0 aliphatic carbocycles. The Hall–Kier alpha value is -2.84. The number of carboxylic acid groups (broad SMARTS) is 1. The van der Waals surface area contributed by atoms with Gasteiger partial charge in [0, 0.05) is 13.0 Å². The Labute approximate surface area is 119 Å². The van der Waals surface area contributed by atoms with Gasteiger partial charge in [0.1, 0.15) is 6.04 Å². The molecule has 0 unspecified atom stereocenters. The van der Waals surface area contributed by atoms with Crippen molar-refractivity contribution in [3.05, 3.63) is 24.2 Å². The van der Waals surface area contributed by atoms with Crippen LogP contribution in [0.1, 0.15) is 23.4 Å². The van der Waals surface area contributed by atoms with Crippen molar-refractivity contribution in [2.24, 2.45) is 5.73 Å². The van der Waals surface area contributed by atoms with Crippen LogP contribution in [0.15, 0.2) is 22.8 Å². The second-order valence-corrected chi connectivity index (χ2v) is 4.11. The monoisotopic (exact) mass is 297 g/mol. The summed E-state index contributed by atoms with van der Waals surface area (Å²) in [7, 11) is 0. The third-order valence-electron chi connectivity index (χ3n) is 2.42. The Kier molecular flexibility index (Phi) is 5.93. The highest BCUT2D eigenvalue weighted by Crippen LogP contribution is 1.99. The summed E-state index contributed by atoms with van der Waals surface area (Å²) in [6.45, 7) is -0.00568. The first kappa shape index (κ1) is 16.2. The molecule has 0 radical (unpaired) electrons. The number of amides is 3. The third kappa shape index (κ3) is 5.76. The summed E-state index contributed by atoms with van der Waals surface area (Å²) in [5, 5.41) is 13.4. The van der Waals surface area contributed by atoms with Crippen LogP contribution in [-0.2, 0) is 14.4 Å². The lowest BCUT2D eigenvalue weighted by molar-refractivity contribution is -0.143. The van der Waals surface area contributed by atoms with E-state index in [4.69, 9.17) is 15.3 Å². The lowest BCUT2D eigenvalue weighted by Gasteiger charge is -2.12. The number of hydrogen-bond acceptors (Lipinski definition) is 5. The molecular weight excluding hydrogens is 282 g/mol. The Morgan fingerprint density at radius 3 is 2.57 bits per heavy atom. The molecule has 0 saturated heterocycles. The van der Waals surface area contributed by atoms with E-state index >= 15 is 0 Å². The van der Waals surface area contributed by atoms with Gasteiger partial charge in [0.2, 0.25) is 11.8 Å². The zero-order valence-corrected chi connectivity index (χ0v) is 11.0. The van der Waals surface area contributed by atoms with Gasteiger partial charge in [-0.1, -0.05) is 0 Å². The number of rotatable bonds is 8. The number of hydrogen-bond donors (Lipinski definition) is 4. The van der Waals surface area contributed by atoms with Crippen molar-refractivity contribution in [3.8, 4) is 0 Å². The molecule has 1 heterocycles. The fourth-order valence-electron chi connectivity index (χ4n) is 1.45. The summed E-state index contributed by atoms with van der Waals surface area (Å²) in [5.74, 6) is -3.20. The molecule has 9 heteroatoms. The second-order valence-electron chi connectivity index (χ2n) is 4.11. The molecule has 0 bridgehead atoms. The summed E-state index contributed by atoms with van der Waals surface area (Å²) < 4.78 is 4.85. The highest BCUT2D eigenvalue weighted by molar-refractivity contribution is 5.92. The summed E-state index contributed by atoms with van der Waals surface area (Å²) in [5.41, 5.74) is 4.88. The first-order valence-corrected chi connectivity index (χ1v) is 6.02. The van der Waals surface area contributed by atoms with Crippen LogP contribution >= 0.6 is 0 Å². The van der Waals surface area contributed by atoms with E-state index in [1.54, 1.807) is 6.07 Å². The topological polar surface area (TPSA) is 152 Å². The molecule has 3 amide bonds. The zero-order valence-electron chi connectivity index (χ0n) is 11.0. The van der Waals surface area contributed by atoms with E-state index in [9.17, 15) is 19.2 Å². The SMILES string of the molecule is NC(=O)C[C@@H](NC(=O)CCNC(=O)c1ccco1)C(=O)O. The third-order valence-corrected chi connectivity index (χ3v) is 2.42. The van der Waals surface area contributed by atoms with Crippen molar-refractivity contribution < 1.29 is 28.7 Å². The predicted octanol–water partition coefficient (Wildman–Crippen LogP) is -1.16. The normalized spacial score (nSPS) is 11.4. The van der Waals surface area contributed by atoms with Gasteiger partial charge in [-0.3, -0.25) is 14.4 Å². The van der Waals surface area contributed by atoms with Crippen molar-refractivity contribution in [2.45, 2.75) is 18.9 Å². The molecule has 0 fully saturated rings. The van der Waals surface area contributed by atoms with Crippen LogP contribution in [0.4, 0.5) is 0 Å². The van der Waals surface area contributed by atoms with E-state index in [-0.39, 0.29) is 18.7 Å². The number of carbonyl (C=O) groups is 4. The average molecular weight is 297 g/mol. The van der Waals surface area contributed by atoms with Gasteiger partial charge in [0.25, 0.3) is 5.91 Å². The van der Waals surface area contributed by atoms with Gasteiger partial charge in [-0.2, -0.15) is 0 Å². The fraction of sp³-hybridized carbons (Fsp3) is 0.333. The molecule has 0 saturated carbocycles. The van der Waals surface area contributed by atoms with Gasteiger partial charge in [-0.15, -0.1) is 0 Å². The lowest BCUT2D eigenvalue weighted by Crippen LogP contribution is -2.44. The maximum atomic E-state index is 11.5. The molecule has 21 heavy (non-hydrogen) atoms.